The maximum absolute atomic E-state index is 5.55. The number of ether oxygens (including phenoxy) is 2. The smallest absolute Gasteiger partial charge is 0.195 e. The van der Waals surface area contributed by atoms with Crippen molar-refractivity contribution >= 4 is 38.1 Å². The summed E-state index contributed by atoms with van der Waals surface area (Å²) in [5.41, 5.74) is 3.12. The molecule has 0 aliphatic rings. The van der Waals surface area contributed by atoms with Crippen LogP contribution in [0, 0.1) is 0 Å². The Labute approximate surface area is 165 Å². The molecule has 2 aromatic carbocycles. The van der Waals surface area contributed by atoms with Gasteiger partial charge in [0.1, 0.15) is 11.5 Å². The summed E-state index contributed by atoms with van der Waals surface area (Å²) in [5, 5.41) is 0. The van der Waals surface area contributed by atoms with Gasteiger partial charge in [0, 0.05) is 12.8 Å². The van der Waals surface area contributed by atoms with Gasteiger partial charge in [-0.1, -0.05) is 19.9 Å². The van der Waals surface area contributed by atoms with Crippen LogP contribution in [0.4, 0.5) is 0 Å². The minimum Gasteiger partial charge on any atom is -0.494 e. The molecule has 0 saturated carbocycles. The largest absolute Gasteiger partial charge is 0.494 e. The van der Waals surface area contributed by atoms with Gasteiger partial charge in [-0.2, -0.15) is 0 Å². The maximum atomic E-state index is 5.55. The third-order valence-corrected chi connectivity index (χ3v) is 4.60. The van der Waals surface area contributed by atoms with Crippen LogP contribution in [0.5, 0.6) is 11.5 Å². The molecule has 7 heteroatoms. The quantitative estimate of drug-likeness (QED) is 0.420. The van der Waals surface area contributed by atoms with Crippen LogP contribution in [0.15, 0.2) is 43.6 Å². The summed E-state index contributed by atoms with van der Waals surface area (Å²) in [6.45, 7) is 4.02. The number of hydrogen-bond donors (Lipinski definition) is 0. The fourth-order valence-electron chi connectivity index (χ4n) is 2.60. The SMILES string of the molecule is CCc1nc2c(OC)ccc(Br)c2o1.CCc1nc2c(OC)cccc2o1. The number of halogens is 1. The van der Waals surface area contributed by atoms with E-state index in [0.717, 1.165) is 62.8 Å². The second-order valence-corrected chi connectivity index (χ2v) is 6.51. The molecule has 0 radical (unpaired) electrons. The Morgan fingerprint density at radius 2 is 1.48 bits per heavy atom. The van der Waals surface area contributed by atoms with Crippen molar-refractivity contribution in [2.24, 2.45) is 0 Å². The predicted molar refractivity (Wildman–Crippen MR) is 108 cm³/mol. The second-order valence-electron chi connectivity index (χ2n) is 5.66. The topological polar surface area (TPSA) is 70.5 Å². The summed E-state index contributed by atoms with van der Waals surface area (Å²) in [6, 6.07) is 9.43. The van der Waals surface area contributed by atoms with Crippen LogP contribution in [-0.2, 0) is 12.8 Å². The fourth-order valence-corrected chi connectivity index (χ4v) is 3.00. The number of methoxy groups -OCH3 is 2. The summed E-state index contributed by atoms with van der Waals surface area (Å²) in [4.78, 5) is 8.65. The highest BCUT2D eigenvalue weighted by Crippen LogP contribution is 2.31. The summed E-state index contributed by atoms with van der Waals surface area (Å²) in [7, 11) is 3.26. The van der Waals surface area contributed by atoms with Crippen molar-refractivity contribution in [3.05, 3.63) is 46.6 Å². The van der Waals surface area contributed by atoms with Crippen LogP contribution in [0.1, 0.15) is 25.6 Å². The standard InChI is InChI=1S/C10H10BrNO2.C10H11NO2/c1-3-8-12-9-7(13-2)5-4-6(11)10(9)14-8;1-3-9-11-10-7(12-2)5-4-6-8(10)13-9/h4-5H,3H2,1-2H3;4-6H,3H2,1-2H3. The first-order chi connectivity index (χ1) is 13.1. The van der Waals surface area contributed by atoms with Gasteiger partial charge in [0.05, 0.1) is 18.7 Å². The van der Waals surface area contributed by atoms with Gasteiger partial charge in [-0.15, -0.1) is 0 Å². The van der Waals surface area contributed by atoms with Crippen molar-refractivity contribution in [1.29, 1.82) is 0 Å². The zero-order valence-corrected chi connectivity index (χ0v) is 17.3. The van der Waals surface area contributed by atoms with Gasteiger partial charge in [0.15, 0.2) is 34.0 Å². The number of nitrogens with zero attached hydrogens (tertiary/aromatic N) is 2. The minimum atomic E-state index is 0.727. The second kappa shape index (κ2) is 8.43. The molecule has 0 aliphatic carbocycles. The number of rotatable bonds is 4. The first-order valence-corrected chi connectivity index (χ1v) is 9.44. The Hall–Kier alpha value is -2.54. The van der Waals surface area contributed by atoms with Crippen molar-refractivity contribution in [1.82, 2.24) is 9.97 Å². The van der Waals surface area contributed by atoms with E-state index in [1.165, 1.54) is 0 Å². The van der Waals surface area contributed by atoms with Gasteiger partial charge in [0.25, 0.3) is 0 Å². The van der Waals surface area contributed by atoms with Gasteiger partial charge >= 0.3 is 0 Å². The molecule has 142 valence electrons. The monoisotopic (exact) mass is 432 g/mol. The molecule has 0 aliphatic heterocycles. The lowest BCUT2D eigenvalue weighted by atomic mass is 10.3. The number of aromatic nitrogens is 2. The lowest BCUT2D eigenvalue weighted by molar-refractivity contribution is 0.418. The average molecular weight is 433 g/mol. The molecule has 0 amide bonds. The summed E-state index contributed by atoms with van der Waals surface area (Å²) in [5.74, 6) is 2.98. The predicted octanol–water partition coefficient (Wildman–Crippen LogP) is 5.56. The van der Waals surface area contributed by atoms with Gasteiger partial charge in [-0.3, -0.25) is 0 Å². The molecular formula is C20H21BrN2O4. The van der Waals surface area contributed by atoms with Crippen molar-refractivity contribution in [3.63, 3.8) is 0 Å². The Bertz CT molecular complexity index is 1050. The molecule has 0 unspecified atom stereocenters. The molecule has 4 aromatic rings. The Morgan fingerprint density at radius 3 is 2.15 bits per heavy atom. The fraction of sp³-hybridized carbons (Fsp3) is 0.300. The van der Waals surface area contributed by atoms with Crippen molar-refractivity contribution < 1.29 is 18.3 Å². The van der Waals surface area contributed by atoms with Crippen molar-refractivity contribution in [2.75, 3.05) is 14.2 Å². The molecule has 0 spiro atoms. The van der Waals surface area contributed by atoms with Crippen molar-refractivity contribution in [3.8, 4) is 11.5 Å². The molecule has 27 heavy (non-hydrogen) atoms. The average Bonchev–Trinajstić information content (AvgIpc) is 3.33. The van der Waals surface area contributed by atoms with E-state index in [9.17, 15) is 0 Å². The zero-order valence-electron chi connectivity index (χ0n) is 15.7. The Kier molecular flexibility index (Phi) is 6.01. The molecule has 2 aromatic heterocycles. The molecular weight excluding hydrogens is 412 g/mol. The molecule has 0 N–H and O–H groups in total. The van der Waals surface area contributed by atoms with E-state index in [-0.39, 0.29) is 0 Å². The molecule has 0 atom stereocenters. The minimum absolute atomic E-state index is 0.727. The molecule has 2 heterocycles. The first-order valence-electron chi connectivity index (χ1n) is 8.65. The highest BCUT2D eigenvalue weighted by atomic mass is 79.9. The van der Waals surface area contributed by atoms with Crippen LogP contribution in [0.3, 0.4) is 0 Å². The lowest BCUT2D eigenvalue weighted by Gasteiger charge is -1.99. The number of aryl methyl sites for hydroxylation is 2. The van der Waals surface area contributed by atoms with E-state index in [0.29, 0.717) is 0 Å². The van der Waals surface area contributed by atoms with Crippen LogP contribution < -0.4 is 9.47 Å². The maximum Gasteiger partial charge on any atom is 0.195 e. The highest BCUT2D eigenvalue weighted by Gasteiger charge is 2.12. The summed E-state index contributed by atoms with van der Waals surface area (Å²) in [6.07, 6.45) is 1.59. The zero-order chi connectivity index (χ0) is 19.4. The Balaban J connectivity index is 0.000000156. The number of hydrogen-bond acceptors (Lipinski definition) is 6. The number of oxazole rings is 2. The van der Waals surface area contributed by atoms with Crippen LogP contribution in [0.2, 0.25) is 0 Å². The van der Waals surface area contributed by atoms with Gasteiger partial charge in [0.2, 0.25) is 0 Å². The normalized spacial score (nSPS) is 10.7. The molecule has 6 nitrogen and oxygen atoms in total. The Morgan fingerprint density at radius 1 is 0.852 bits per heavy atom. The number of benzene rings is 2. The summed E-state index contributed by atoms with van der Waals surface area (Å²) < 4.78 is 22.3. The van der Waals surface area contributed by atoms with Gasteiger partial charge in [-0.25, -0.2) is 9.97 Å². The first kappa shape index (κ1) is 19.2. The molecule has 0 saturated heterocycles. The highest BCUT2D eigenvalue weighted by molar-refractivity contribution is 9.10. The third-order valence-electron chi connectivity index (χ3n) is 3.97. The van der Waals surface area contributed by atoms with E-state index in [1.807, 2.05) is 44.2 Å². The van der Waals surface area contributed by atoms with E-state index in [4.69, 9.17) is 18.3 Å². The van der Waals surface area contributed by atoms with Gasteiger partial charge < -0.3 is 18.3 Å². The lowest BCUT2D eigenvalue weighted by Crippen LogP contribution is -1.84. The summed E-state index contributed by atoms with van der Waals surface area (Å²) >= 11 is 3.41. The van der Waals surface area contributed by atoms with E-state index < -0.39 is 0 Å². The third kappa shape index (κ3) is 3.93. The molecule has 0 fully saturated rings. The van der Waals surface area contributed by atoms with Crippen LogP contribution in [0.25, 0.3) is 22.2 Å². The number of fused-ring (bicyclic) bond motifs is 2. The van der Waals surface area contributed by atoms with Crippen LogP contribution in [-0.4, -0.2) is 24.2 Å². The van der Waals surface area contributed by atoms with Crippen LogP contribution >= 0.6 is 15.9 Å². The number of para-hydroxylation sites is 1. The van der Waals surface area contributed by atoms with E-state index in [1.54, 1.807) is 14.2 Å². The van der Waals surface area contributed by atoms with E-state index >= 15 is 0 Å². The molecule has 4 rings (SSSR count). The van der Waals surface area contributed by atoms with E-state index in [2.05, 4.69) is 25.9 Å². The molecule has 0 bridgehead atoms. The van der Waals surface area contributed by atoms with Gasteiger partial charge in [-0.05, 0) is 40.2 Å². The van der Waals surface area contributed by atoms with Crippen molar-refractivity contribution in [2.45, 2.75) is 26.7 Å².